The summed E-state index contributed by atoms with van der Waals surface area (Å²) >= 11 is 5.94. The first-order valence-electron chi connectivity index (χ1n) is 7.13. The molecule has 4 heteroatoms. The lowest BCUT2D eigenvalue weighted by Crippen LogP contribution is -2.10. The van der Waals surface area contributed by atoms with Crippen LogP contribution in [0.2, 0.25) is 5.02 Å². The Bertz CT molecular complexity index is 614. The van der Waals surface area contributed by atoms with E-state index in [1.165, 1.54) is 0 Å². The second-order valence-electron chi connectivity index (χ2n) is 5.61. The van der Waals surface area contributed by atoms with Gasteiger partial charge in [-0.05, 0) is 42.2 Å². The van der Waals surface area contributed by atoms with Gasteiger partial charge in [-0.1, -0.05) is 37.6 Å². The minimum atomic E-state index is -0.764. The number of benzene rings is 1. The molecule has 0 unspecified atom stereocenters. The molecule has 0 amide bonds. The van der Waals surface area contributed by atoms with E-state index in [4.69, 9.17) is 16.7 Å². The van der Waals surface area contributed by atoms with Crippen molar-refractivity contribution >= 4 is 17.6 Å². The molecule has 1 heterocycles. The molecule has 0 saturated carbocycles. The highest BCUT2D eigenvalue weighted by Gasteiger charge is 2.12. The summed E-state index contributed by atoms with van der Waals surface area (Å²) in [5.74, 6) is -0.271. The third-order valence-electron chi connectivity index (χ3n) is 3.35. The highest BCUT2D eigenvalue weighted by atomic mass is 35.5. The van der Waals surface area contributed by atoms with Crippen molar-refractivity contribution in [3.05, 3.63) is 47.1 Å². The summed E-state index contributed by atoms with van der Waals surface area (Å²) in [5.41, 5.74) is 3.28. The third-order valence-corrected chi connectivity index (χ3v) is 3.61. The molecule has 0 aliphatic carbocycles. The first kappa shape index (κ1) is 15.6. The Morgan fingerprint density at radius 2 is 1.86 bits per heavy atom. The van der Waals surface area contributed by atoms with Crippen LogP contribution >= 0.6 is 11.6 Å². The van der Waals surface area contributed by atoms with Gasteiger partial charge < -0.3 is 9.67 Å². The van der Waals surface area contributed by atoms with E-state index in [1.807, 2.05) is 30.3 Å². The molecule has 0 aliphatic heterocycles. The molecule has 0 atom stereocenters. The zero-order chi connectivity index (χ0) is 15.4. The number of carboxylic acids is 1. The van der Waals surface area contributed by atoms with Crippen molar-refractivity contribution < 1.29 is 9.90 Å². The van der Waals surface area contributed by atoms with Gasteiger partial charge in [-0.2, -0.15) is 0 Å². The van der Waals surface area contributed by atoms with Crippen LogP contribution < -0.4 is 0 Å². The topological polar surface area (TPSA) is 42.2 Å². The van der Waals surface area contributed by atoms with E-state index in [-0.39, 0.29) is 6.42 Å². The lowest BCUT2D eigenvalue weighted by atomic mass is 10.1. The van der Waals surface area contributed by atoms with Crippen molar-refractivity contribution in [2.75, 3.05) is 0 Å². The summed E-state index contributed by atoms with van der Waals surface area (Å²) in [7, 11) is 0. The average molecular weight is 306 g/mol. The van der Waals surface area contributed by atoms with Crippen molar-refractivity contribution in [1.82, 2.24) is 4.57 Å². The Labute approximate surface area is 130 Å². The first-order chi connectivity index (χ1) is 9.97. The van der Waals surface area contributed by atoms with Gasteiger partial charge in [0, 0.05) is 23.0 Å². The number of hydrogen-bond acceptors (Lipinski definition) is 1. The molecule has 21 heavy (non-hydrogen) atoms. The van der Waals surface area contributed by atoms with Gasteiger partial charge in [0.1, 0.15) is 0 Å². The van der Waals surface area contributed by atoms with Gasteiger partial charge in [-0.3, -0.25) is 4.79 Å². The van der Waals surface area contributed by atoms with Crippen molar-refractivity contribution in [1.29, 1.82) is 0 Å². The highest BCUT2D eigenvalue weighted by Crippen LogP contribution is 2.26. The fourth-order valence-electron chi connectivity index (χ4n) is 2.42. The quantitative estimate of drug-likeness (QED) is 0.855. The predicted octanol–water partition coefficient (Wildman–Crippen LogP) is 4.48. The molecule has 0 saturated heterocycles. The smallest absolute Gasteiger partial charge is 0.303 e. The first-order valence-corrected chi connectivity index (χ1v) is 7.51. The number of rotatable bonds is 6. The SMILES string of the molecule is CC(C)Cn1c(CCC(=O)O)ccc1-c1ccc(Cl)cc1. The number of aryl methyl sites for hydroxylation is 1. The Morgan fingerprint density at radius 3 is 2.43 bits per heavy atom. The maximum absolute atomic E-state index is 10.8. The molecule has 2 rings (SSSR count). The Hall–Kier alpha value is -1.74. The van der Waals surface area contributed by atoms with E-state index < -0.39 is 5.97 Å². The molecule has 1 aromatic heterocycles. The zero-order valence-electron chi connectivity index (χ0n) is 12.3. The van der Waals surface area contributed by atoms with Crippen LogP contribution in [0.25, 0.3) is 11.3 Å². The number of nitrogens with zero attached hydrogens (tertiary/aromatic N) is 1. The minimum Gasteiger partial charge on any atom is -0.481 e. The second-order valence-corrected chi connectivity index (χ2v) is 6.05. The summed E-state index contributed by atoms with van der Waals surface area (Å²) in [6.07, 6.45) is 0.706. The van der Waals surface area contributed by atoms with Crippen LogP contribution in [0.1, 0.15) is 26.0 Å². The van der Waals surface area contributed by atoms with Crippen LogP contribution in [-0.4, -0.2) is 15.6 Å². The average Bonchev–Trinajstić information content (AvgIpc) is 2.79. The fraction of sp³-hybridized carbons (Fsp3) is 0.353. The molecule has 3 nitrogen and oxygen atoms in total. The van der Waals surface area contributed by atoms with Crippen molar-refractivity contribution in [2.45, 2.75) is 33.2 Å². The zero-order valence-corrected chi connectivity index (χ0v) is 13.1. The Morgan fingerprint density at radius 1 is 1.19 bits per heavy atom. The summed E-state index contributed by atoms with van der Waals surface area (Å²) < 4.78 is 2.22. The van der Waals surface area contributed by atoms with E-state index in [0.717, 1.165) is 23.5 Å². The third kappa shape index (κ3) is 4.11. The van der Waals surface area contributed by atoms with Crippen LogP contribution in [0, 0.1) is 5.92 Å². The van der Waals surface area contributed by atoms with Gasteiger partial charge >= 0.3 is 5.97 Å². The van der Waals surface area contributed by atoms with Gasteiger partial charge in [-0.25, -0.2) is 0 Å². The van der Waals surface area contributed by atoms with Crippen LogP contribution in [0.4, 0.5) is 0 Å². The Kier molecular flexibility index (Phi) is 5.07. The summed E-state index contributed by atoms with van der Waals surface area (Å²) in [6, 6.07) is 11.8. The molecule has 2 aromatic rings. The van der Waals surface area contributed by atoms with Gasteiger partial charge in [0.05, 0.1) is 6.42 Å². The lowest BCUT2D eigenvalue weighted by Gasteiger charge is -2.16. The molecule has 0 spiro atoms. The van der Waals surface area contributed by atoms with Gasteiger partial charge in [-0.15, -0.1) is 0 Å². The van der Waals surface area contributed by atoms with Crippen molar-refractivity contribution in [2.24, 2.45) is 5.92 Å². The van der Waals surface area contributed by atoms with Gasteiger partial charge in [0.15, 0.2) is 0 Å². The summed E-state index contributed by atoms with van der Waals surface area (Å²) in [6.45, 7) is 5.19. The molecule has 1 N–H and O–H groups in total. The minimum absolute atomic E-state index is 0.155. The summed E-state index contributed by atoms with van der Waals surface area (Å²) in [4.78, 5) is 10.8. The maximum Gasteiger partial charge on any atom is 0.303 e. The van der Waals surface area contributed by atoms with Crippen LogP contribution in [-0.2, 0) is 17.8 Å². The predicted molar refractivity (Wildman–Crippen MR) is 85.7 cm³/mol. The molecule has 0 radical (unpaired) electrons. The molecule has 112 valence electrons. The van der Waals surface area contributed by atoms with Gasteiger partial charge in [0.2, 0.25) is 0 Å². The van der Waals surface area contributed by atoms with E-state index in [9.17, 15) is 4.79 Å². The molecule has 1 aromatic carbocycles. The molecular weight excluding hydrogens is 286 g/mol. The van der Waals surface area contributed by atoms with E-state index in [0.29, 0.717) is 17.4 Å². The second kappa shape index (κ2) is 6.81. The number of hydrogen-bond donors (Lipinski definition) is 1. The molecule has 0 bridgehead atoms. The number of aliphatic carboxylic acids is 1. The van der Waals surface area contributed by atoms with Gasteiger partial charge in [0.25, 0.3) is 0 Å². The standard InChI is InChI=1S/C17H20ClNO2/c1-12(2)11-19-15(8-10-17(20)21)7-9-16(19)13-3-5-14(18)6-4-13/h3-7,9,12H,8,10-11H2,1-2H3,(H,20,21). The highest BCUT2D eigenvalue weighted by molar-refractivity contribution is 6.30. The van der Waals surface area contributed by atoms with Crippen LogP contribution in [0.15, 0.2) is 36.4 Å². The molecule has 0 fully saturated rings. The summed E-state index contributed by atoms with van der Waals surface area (Å²) in [5, 5.41) is 9.59. The van der Waals surface area contributed by atoms with E-state index in [2.05, 4.69) is 24.5 Å². The van der Waals surface area contributed by atoms with E-state index in [1.54, 1.807) is 0 Å². The van der Waals surface area contributed by atoms with Crippen molar-refractivity contribution in [3.63, 3.8) is 0 Å². The number of halogens is 1. The lowest BCUT2D eigenvalue weighted by molar-refractivity contribution is -0.136. The number of carboxylic acid groups (broad SMARTS) is 1. The number of aromatic nitrogens is 1. The van der Waals surface area contributed by atoms with Crippen LogP contribution in [0.5, 0.6) is 0 Å². The Balaban J connectivity index is 2.35. The molecular formula is C17H20ClNO2. The van der Waals surface area contributed by atoms with E-state index >= 15 is 0 Å². The number of carbonyl (C=O) groups is 1. The normalized spacial score (nSPS) is 11.0. The monoisotopic (exact) mass is 305 g/mol. The van der Waals surface area contributed by atoms with Crippen molar-refractivity contribution in [3.8, 4) is 11.3 Å². The van der Waals surface area contributed by atoms with Crippen LogP contribution in [0.3, 0.4) is 0 Å². The molecule has 0 aliphatic rings. The fourth-order valence-corrected chi connectivity index (χ4v) is 2.54. The largest absolute Gasteiger partial charge is 0.481 e. The maximum atomic E-state index is 10.8.